The molecule has 0 aliphatic heterocycles. The van der Waals surface area contributed by atoms with E-state index in [1.54, 1.807) is 17.7 Å². The second-order valence-electron chi connectivity index (χ2n) is 7.40. The van der Waals surface area contributed by atoms with Crippen molar-refractivity contribution in [3.63, 3.8) is 0 Å². The van der Waals surface area contributed by atoms with E-state index in [0.29, 0.717) is 35.8 Å². The number of hydrogen-bond acceptors (Lipinski definition) is 7. The molecule has 4 rings (SSSR count). The van der Waals surface area contributed by atoms with Crippen molar-refractivity contribution in [3.05, 3.63) is 67.5 Å². The molecule has 4 aromatic rings. The lowest BCUT2D eigenvalue weighted by atomic mass is 10.2. The number of pyridine rings is 2. The van der Waals surface area contributed by atoms with Gasteiger partial charge in [-0.2, -0.15) is 0 Å². The maximum absolute atomic E-state index is 11.4. The highest BCUT2D eigenvalue weighted by molar-refractivity contribution is 9.10. The fraction of sp³-hybridized carbons (Fsp3) is 0.304. The first-order valence-corrected chi connectivity index (χ1v) is 12.1. The van der Waals surface area contributed by atoms with Crippen LogP contribution in [0.4, 0.5) is 0 Å². The summed E-state index contributed by atoms with van der Waals surface area (Å²) in [5.41, 5.74) is 3.15. The molecule has 0 aromatic carbocycles. The van der Waals surface area contributed by atoms with Gasteiger partial charge >= 0.3 is 11.9 Å². The van der Waals surface area contributed by atoms with Gasteiger partial charge in [0.05, 0.1) is 48.8 Å². The van der Waals surface area contributed by atoms with Crippen LogP contribution in [-0.4, -0.2) is 52.0 Å². The summed E-state index contributed by atoms with van der Waals surface area (Å²) in [6.45, 7) is 0. The molecule has 0 bridgehead atoms. The third-order valence-corrected chi connectivity index (χ3v) is 6.23. The number of carbonyl (C=O) groups excluding carboxylic acids is 2. The number of carbonyl (C=O) groups is 2. The number of halogens is 2. The molecule has 0 saturated carbocycles. The van der Waals surface area contributed by atoms with Gasteiger partial charge in [-0.25, -0.2) is 4.98 Å². The predicted octanol–water partition coefficient (Wildman–Crippen LogP) is 3.71. The average molecular weight is 612 g/mol. The topological polar surface area (TPSA) is 116 Å². The van der Waals surface area contributed by atoms with Crippen molar-refractivity contribution in [1.29, 1.82) is 0 Å². The zero-order valence-corrected chi connectivity index (χ0v) is 22.5. The number of aryl methyl sites for hydroxylation is 2. The monoisotopic (exact) mass is 610 g/mol. The highest BCUT2D eigenvalue weighted by Gasteiger charge is 2.09. The molecule has 4 heterocycles. The molecule has 1 N–H and O–H groups in total. The third kappa shape index (κ3) is 6.95. The first-order valence-electron chi connectivity index (χ1n) is 10.5. The van der Waals surface area contributed by atoms with Crippen LogP contribution in [0.1, 0.15) is 24.2 Å². The molecule has 0 spiro atoms. The maximum atomic E-state index is 11.4. The van der Waals surface area contributed by atoms with Gasteiger partial charge in [-0.3, -0.25) is 14.4 Å². The Morgan fingerprint density at radius 3 is 2.23 bits per heavy atom. The van der Waals surface area contributed by atoms with E-state index in [2.05, 4.69) is 51.3 Å². The number of rotatable bonds is 7. The van der Waals surface area contributed by atoms with E-state index in [0.717, 1.165) is 27.3 Å². The Labute approximate surface area is 217 Å². The number of ether oxygens (including phenoxy) is 3. The van der Waals surface area contributed by atoms with Crippen molar-refractivity contribution >= 4 is 55.1 Å². The Kier molecular flexibility index (Phi) is 9.10. The summed E-state index contributed by atoms with van der Waals surface area (Å²) in [5, 5.41) is 0. The van der Waals surface area contributed by atoms with E-state index in [9.17, 15) is 14.4 Å². The van der Waals surface area contributed by atoms with Gasteiger partial charge in [0.15, 0.2) is 5.43 Å². The molecular weight excluding hydrogens is 588 g/mol. The summed E-state index contributed by atoms with van der Waals surface area (Å²) in [5.74, 6) is 0.248. The van der Waals surface area contributed by atoms with Crippen LogP contribution in [0.2, 0.25) is 0 Å². The van der Waals surface area contributed by atoms with Crippen molar-refractivity contribution < 1.29 is 23.8 Å². The van der Waals surface area contributed by atoms with E-state index >= 15 is 0 Å². The zero-order valence-electron chi connectivity index (χ0n) is 19.3. The summed E-state index contributed by atoms with van der Waals surface area (Å²) >= 11 is 6.59. The van der Waals surface area contributed by atoms with Crippen molar-refractivity contribution in [3.8, 4) is 5.75 Å². The largest absolute Gasteiger partial charge is 0.495 e. The molecule has 0 amide bonds. The van der Waals surface area contributed by atoms with Gasteiger partial charge in [0.25, 0.3) is 0 Å². The molecule has 0 atom stereocenters. The van der Waals surface area contributed by atoms with Crippen LogP contribution in [0.5, 0.6) is 5.75 Å². The molecule has 0 aliphatic rings. The third-order valence-electron chi connectivity index (χ3n) is 5.04. The Hall–Kier alpha value is -3.12. The molecule has 35 heavy (non-hydrogen) atoms. The van der Waals surface area contributed by atoms with Crippen molar-refractivity contribution in [2.75, 3.05) is 21.3 Å². The lowest BCUT2D eigenvalue weighted by molar-refractivity contribution is -0.141. The Morgan fingerprint density at radius 2 is 1.57 bits per heavy atom. The number of imidazole rings is 2. The van der Waals surface area contributed by atoms with Crippen molar-refractivity contribution in [2.45, 2.75) is 25.7 Å². The Balaban J connectivity index is 0.000000196. The highest BCUT2D eigenvalue weighted by Crippen LogP contribution is 2.26. The van der Waals surface area contributed by atoms with Crippen LogP contribution in [0.15, 0.2) is 50.7 Å². The molecule has 12 heteroatoms. The standard InChI is InChI=1S/C12H13BrN2O3.C11H11BrN2O3/c1-17-10-5-11-14-8(3-4-12(16)18-2)6-15(11)7-9(10)13;1-17-11(16)3-2-7-5-14-6-8(12)9(15)4-10(14)13-7/h5-7H,3-4H2,1-2H3;4-6,13H,2-3H2,1H3. The number of nitrogens with zero attached hydrogens (tertiary/aromatic N) is 3. The molecule has 0 aliphatic carbocycles. The number of esters is 2. The van der Waals surface area contributed by atoms with Gasteiger partial charge in [0, 0.05) is 49.0 Å². The van der Waals surface area contributed by atoms with Gasteiger partial charge < -0.3 is 28.0 Å². The molecule has 4 aromatic heterocycles. The van der Waals surface area contributed by atoms with Gasteiger partial charge in [-0.15, -0.1) is 0 Å². The van der Waals surface area contributed by atoms with Crippen LogP contribution in [0.3, 0.4) is 0 Å². The zero-order chi connectivity index (χ0) is 25.5. The van der Waals surface area contributed by atoms with Gasteiger partial charge in [-0.05, 0) is 38.3 Å². The molecule has 186 valence electrons. The normalized spacial score (nSPS) is 10.7. The lowest BCUT2D eigenvalue weighted by Crippen LogP contribution is -2.02. The second kappa shape index (κ2) is 12.0. The Morgan fingerprint density at radius 1 is 0.914 bits per heavy atom. The quantitative estimate of drug-likeness (QED) is 0.317. The van der Waals surface area contributed by atoms with Crippen LogP contribution >= 0.6 is 31.9 Å². The fourth-order valence-electron chi connectivity index (χ4n) is 3.21. The smallest absolute Gasteiger partial charge is 0.305 e. The number of hydrogen-bond donors (Lipinski definition) is 1. The summed E-state index contributed by atoms with van der Waals surface area (Å²) < 4.78 is 19.4. The van der Waals surface area contributed by atoms with E-state index in [1.807, 2.05) is 29.1 Å². The van der Waals surface area contributed by atoms with E-state index < -0.39 is 0 Å². The van der Waals surface area contributed by atoms with E-state index in [-0.39, 0.29) is 17.4 Å². The number of fused-ring (bicyclic) bond motifs is 2. The first-order chi connectivity index (χ1) is 16.7. The van der Waals surface area contributed by atoms with Crippen LogP contribution < -0.4 is 10.2 Å². The SMILES string of the molecule is COC(=O)CCc1cn2cc(Br)c(=O)cc2[nH]1.COC(=O)CCc1cn2cc(Br)c(OC)cc2n1. The fourth-order valence-corrected chi connectivity index (χ4v) is 4.04. The predicted molar refractivity (Wildman–Crippen MR) is 136 cm³/mol. The second-order valence-corrected chi connectivity index (χ2v) is 9.11. The number of aromatic nitrogens is 4. The number of nitrogens with one attached hydrogen (secondary N) is 1. The Bertz CT molecular complexity index is 1410. The molecule has 0 saturated heterocycles. The minimum Gasteiger partial charge on any atom is -0.495 e. The molecular formula is C23H24Br2N4O6. The van der Waals surface area contributed by atoms with Crippen LogP contribution in [-0.2, 0) is 31.9 Å². The number of methoxy groups -OCH3 is 3. The maximum Gasteiger partial charge on any atom is 0.305 e. The number of H-pyrrole nitrogens is 1. The van der Waals surface area contributed by atoms with E-state index in [4.69, 9.17) is 4.74 Å². The van der Waals surface area contributed by atoms with Crippen LogP contribution in [0, 0.1) is 0 Å². The molecule has 0 radical (unpaired) electrons. The molecule has 0 unspecified atom stereocenters. The number of aromatic amines is 1. The van der Waals surface area contributed by atoms with Crippen molar-refractivity contribution in [1.82, 2.24) is 18.8 Å². The summed E-state index contributed by atoms with van der Waals surface area (Å²) in [6, 6.07) is 3.34. The molecule has 0 fully saturated rings. The average Bonchev–Trinajstić information content (AvgIpc) is 3.43. The van der Waals surface area contributed by atoms with Gasteiger partial charge in [-0.1, -0.05) is 0 Å². The van der Waals surface area contributed by atoms with Crippen LogP contribution in [0.25, 0.3) is 11.3 Å². The highest BCUT2D eigenvalue weighted by atomic mass is 79.9. The van der Waals surface area contributed by atoms with Crippen molar-refractivity contribution in [2.24, 2.45) is 0 Å². The first kappa shape index (κ1) is 26.5. The minimum atomic E-state index is -0.251. The van der Waals surface area contributed by atoms with Gasteiger partial charge in [0.1, 0.15) is 17.0 Å². The lowest BCUT2D eigenvalue weighted by Gasteiger charge is -2.02. The minimum absolute atomic E-state index is 0.0774. The summed E-state index contributed by atoms with van der Waals surface area (Å²) in [6.07, 6.45) is 9.08. The van der Waals surface area contributed by atoms with E-state index in [1.165, 1.54) is 20.3 Å². The summed E-state index contributed by atoms with van der Waals surface area (Å²) in [7, 11) is 4.36. The van der Waals surface area contributed by atoms with Gasteiger partial charge in [0.2, 0.25) is 0 Å². The molecule has 10 nitrogen and oxygen atoms in total. The summed E-state index contributed by atoms with van der Waals surface area (Å²) in [4.78, 5) is 41.0.